The summed E-state index contributed by atoms with van der Waals surface area (Å²) < 4.78 is 26.2. The van der Waals surface area contributed by atoms with Gasteiger partial charge in [0, 0.05) is 12.5 Å². The molecule has 0 saturated heterocycles. The second-order valence-electron chi connectivity index (χ2n) is 4.53. The van der Waals surface area contributed by atoms with E-state index < -0.39 is 29.5 Å². The molecular formula is C15H16F2N2O2. The number of nitrogens with one attached hydrogen (secondary N) is 1. The molecule has 112 valence electrons. The molecule has 3 N–H and O–H groups in total. The molecule has 0 saturated carbocycles. The van der Waals surface area contributed by atoms with E-state index in [9.17, 15) is 18.4 Å². The van der Waals surface area contributed by atoms with Crippen LogP contribution >= 0.6 is 0 Å². The highest BCUT2D eigenvalue weighted by Crippen LogP contribution is 2.10. The van der Waals surface area contributed by atoms with Crippen molar-refractivity contribution >= 4 is 11.8 Å². The van der Waals surface area contributed by atoms with Crippen LogP contribution in [0.25, 0.3) is 0 Å². The summed E-state index contributed by atoms with van der Waals surface area (Å²) in [5, 5.41) is 2.42. The van der Waals surface area contributed by atoms with Gasteiger partial charge in [-0.05, 0) is 24.5 Å². The minimum atomic E-state index is -0.852. The molecule has 0 unspecified atom stereocenters. The second kappa shape index (κ2) is 8.00. The first kappa shape index (κ1) is 16.6. The van der Waals surface area contributed by atoms with Crippen molar-refractivity contribution in [1.82, 2.24) is 5.32 Å². The number of carbonyl (C=O) groups excluding carboxylic acids is 2. The van der Waals surface area contributed by atoms with Crippen molar-refractivity contribution in [2.75, 3.05) is 0 Å². The quantitative estimate of drug-likeness (QED) is 0.587. The first-order valence-corrected chi connectivity index (χ1v) is 6.40. The second-order valence-corrected chi connectivity index (χ2v) is 4.53. The molecule has 0 bridgehead atoms. The zero-order valence-corrected chi connectivity index (χ0v) is 11.4. The Balaban J connectivity index is 2.61. The Morgan fingerprint density at radius 2 is 2.10 bits per heavy atom. The Kier molecular flexibility index (Phi) is 6.34. The molecule has 0 aliphatic heterocycles. The molecule has 1 atom stereocenters. The van der Waals surface area contributed by atoms with E-state index >= 15 is 0 Å². The molecule has 0 aliphatic rings. The molecule has 1 rings (SSSR count). The lowest BCUT2D eigenvalue weighted by Gasteiger charge is -2.15. The number of carbonyl (C=O) groups is 2. The smallest absolute Gasteiger partial charge is 0.240 e. The van der Waals surface area contributed by atoms with E-state index in [1.165, 1.54) is 6.07 Å². The van der Waals surface area contributed by atoms with Crippen molar-refractivity contribution in [2.24, 2.45) is 5.73 Å². The van der Waals surface area contributed by atoms with E-state index in [0.717, 1.165) is 6.07 Å². The Morgan fingerprint density at radius 3 is 2.67 bits per heavy atom. The van der Waals surface area contributed by atoms with Gasteiger partial charge >= 0.3 is 0 Å². The standard InChI is InChI=1S/C15H16F2N2O2/c1-2-3-4-5-13(15(18)21)19-14(20)8-10-6-7-11(16)9-12(10)17/h1,6-7,9,13H,3-5,8H2,(H2,18,21)(H,19,20)/t13-/m0/s1. The van der Waals surface area contributed by atoms with Crippen LogP contribution in [0.15, 0.2) is 18.2 Å². The lowest BCUT2D eigenvalue weighted by atomic mass is 10.1. The number of terminal acetylenes is 1. The van der Waals surface area contributed by atoms with Crippen LogP contribution in [0.1, 0.15) is 24.8 Å². The van der Waals surface area contributed by atoms with Gasteiger partial charge < -0.3 is 11.1 Å². The molecule has 0 spiro atoms. The Bertz CT molecular complexity index is 567. The lowest BCUT2D eigenvalue weighted by molar-refractivity contribution is -0.127. The average Bonchev–Trinajstić information content (AvgIpc) is 2.41. The summed E-state index contributed by atoms with van der Waals surface area (Å²) in [7, 11) is 0. The van der Waals surface area contributed by atoms with Gasteiger partial charge in [-0.2, -0.15) is 0 Å². The van der Waals surface area contributed by atoms with E-state index in [4.69, 9.17) is 12.2 Å². The monoisotopic (exact) mass is 294 g/mol. The van der Waals surface area contributed by atoms with Gasteiger partial charge in [0.25, 0.3) is 0 Å². The molecule has 0 heterocycles. The molecule has 0 radical (unpaired) electrons. The van der Waals surface area contributed by atoms with Gasteiger partial charge in [0.15, 0.2) is 0 Å². The van der Waals surface area contributed by atoms with Crippen LogP contribution < -0.4 is 11.1 Å². The van der Waals surface area contributed by atoms with Gasteiger partial charge in [-0.3, -0.25) is 9.59 Å². The number of primary amides is 1. The van der Waals surface area contributed by atoms with Crippen molar-refractivity contribution in [3.63, 3.8) is 0 Å². The molecule has 1 aromatic rings. The van der Waals surface area contributed by atoms with Gasteiger partial charge in [0.05, 0.1) is 6.42 Å². The van der Waals surface area contributed by atoms with Crippen LogP contribution in [-0.4, -0.2) is 17.9 Å². The SMILES string of the molecule is C#CCCC[C@H](NC(=O)Cc1ccc(F)cc1F)C(N)=O. The minimum Gasteiger partial charge on any atom is -0.368 e. The van der Waals surface area contributed by atoms with E-state index in [1.807, 2.05) is 0 Å². The molecular weight excluding hydrogens is 278 g/mol. The van der Waals surface area contributed by atoms with E-state index in [-0.39, 0.29) is 12.0 Å². The lowest BCUT2D eigenvalue weighted by Crippen LogP contribution is -2.45. The number of hydrogen-bond donors (Lipinski definition) is 2. The average molecular weight is 294 g/mol. The van der Waals surface area contributed by atoms with Crippen molar-refractivity contribution in [3.05, 3.63) is 35.4 Å². The number of benzene rings is 1. The fraction of sp³-hybridized carbons (Fsp3) is 0.333. The molecule has 0 fully saturated rings. The predicted molar refractivity (Wildman–Crippen MR) is 73.9 cm³/mol. The number of unbranched alkanes of at least 4 members (excludes halogenated alkanes) is 1. The van der Waals surface area contributed by atoms with Gasteiger partial charge in [-0.15, -0.1) is 12.3 Å². The largest absolute Gasteiger partial charge is 0.368 e. The summed E-state index contributed by atoms with van der Waals surface area (Å²) in [6.45, 7) is 0. The van der Waals surface area contributed by atoms with Crippen LogP contribution in [0.4, 0.5) is 8.78 Å². The first-order valence-electron chi connectivity index (χ1n) is 6.40. The molecule has 1 aromatic carbocycles. The topological polar surface area (TPSA) is 72.2 Å². The van der Waals surface area contributed by atoms with E-state index in [1.54, 1.807) is 0 Å². The van der Waals surface area contributed by atoms with Crippen molar-refractivity contribution in [1.29, 1.82) is 0 Å². The molecule has 2 amide bonds. The van der Waals surface area contributed by atoms with E-state index in [0.29, 0.717) is 25.3 Å². The highest BCUT2D eigenvalue weighted by atomic mass is 19.1. The minimum absolute atomic E-state index is 0.0424. The molecule has 6 heteroatoms. The van der Waals surface area contributed by atoms with Crippen molar-refractivity contribution in [3.8, 4) is 12.3 Å². The zero-order chi connectivity index (χ0) is 15.8. The van der Waals surface area contributed by atoms with E-state index in [2.05, 4.69) is 11.2 Å². The maximum Gasteiger partial charge on any atom is 0.240 e. The summed E-state index contributed by atoms with van der Waals surface area (Å²) in [4.78, 5) is 23.0. The van der Waals surface area contributed by atoms with Gasteiger partial charge in [0.1, 0.15) is 17.7 Å². The molecule has 0 aliphatic carbocycles. The summed E-state index contributed by atoms with van der Waals surface area (Å²) in [5.74, 6) is -0.361. The van der Waals surface area contributed by atoms with Crippen molar-refractivity contribution in [2.45, 2.75) is 31.7 Å². The summed E-state index contributed by atoms with van der Waals surface area (Å²) in [5.41, 5.74) is 5.22. The van der Waals surface area contributed by atoms with Crippen molar-refractivity contribution < 1.29 is 18.4 Å². The van der Waals surface area contributed by atoms with Gasteiger partial charge in [0.2, 0.25) is 11.8 Å². The van der Waals surface area contributed by atoms with Gasteiger partial charge in [-0.1, -0.05) is 6.07 Å². The molecule has 0 aromatic heterocycles. The predicted octanol–water partition coefficient (Wildman–Crippen LogP) is 1.28. The molecule has 21 heavy (non-hydrogen) atoms. The fourth-order valence-corrected chi connectivity index (χ4v) is 1.78. The van der Waals surface area contributed by atoms with Gasteiger partial charge in [-0.25, -0.2) is 8.78 Å². The first-order chi connectivity index (χ1) is 9.93. The highest BCUT2D eigenvalue weighted by Gasteiger charge is 2.18. The Morgan fingerprint density at radius 1 is 1.38 bits per heavy atom. The maximum absolute atomic E-state index is 13.4. The Hall–Kier alpha value is -2.42. The third kappa shape index (κ3) is 5.61. The van der Waals surface area contributed by atoms with Crippen LogP contribution in [0, 0.1) is 24.0 Å². The summed E-state index contributed by atoms with van der Waals surface area (Å²) in [6.07, 6.45) is 6.11. The number of amides is 2. The maximum atomic E-state index is 13.4. The van der Waals surface area contributed by atoms with Crippen LogP contribution in [-0.2, 0) is 16.0 Å². The number of rotatable bonds is 7. The highest BCUT2D eigenvalue weighted by molar-refractivity contribution is 5.87. The third-order valence-corrected chi connectivity index (χ3v) is 2.86. The summed E-state index contributed by atoms with van der Waals surface area (Å²) >= 11 is 0. The number of halogens is 2. The normalized spacial score (nSPS) is 11.5. The summed E-state index contributed by atoms with van der Waals surface area (Å²) in [6, 6.07) is 2.09. The van der Waals surface area contributed by atoms with Crippen LogP contribution in [0.2, 0.25) is 0 Å². The Labute approximate surface area is 121 Å². The zero-order valence-electron chi connectivity index (χ0n) is 11.4. The molecule has 4 nitrogen and oxygen atoms in total. The van der Waals surface area contributed by atoms with Crippen LogP contribution in [0.5, 0.6) is 0 Å². The third-order valence-electron chi connectivity index (χ3n) is 2.86. The number of nitrogens with two attached hydrogens (primary N) is 1. The number of hydrogen-bond acceptors (Lipinski definition) is 2. The van der Waals surface area contributed by atoms with Crippen LogP contribution in [0.3, 0.4) is 0 Å². The fourth-order valence-electron chi connectivity index (χ4n) is 1.78.